The Bertz CT molecular complexity index is 148. The second-order valence-corrected chi connectivity index (χ2v) is 2.51. The molecule has 0 aromatic rings. The number of likely N-dealkylation sites (tertiary alicyclic amines) is 1. The average Bonchev–Trinajstić information content (AvgIpc) is 1.82. The molecule has 1 aliphatic heterocycles. The van der Waals surface area contributed by atoms with Crippen LogP contribution in [0.2, 0.25) is 0 Å². The van der Waals surface area contributed by atoms with Gasteiger partial charge in [-0.1, -0.05) is 0 Å². The van der Waals surface area contributed by atoms with E-state index in [1.54, 1.807) is 0 Å². The number of hydrogen-bond acceptors (Lipinski definition) is 3. The Morgan fingerprint density at radius 1 is 1.73 bits per heavy atom. The van der Waals surface area contributed by atoms with Crippen molar-refractivity contribution in [3.63, 3.8) is 0 Å². The van der Waals surface area contributed by atoms with Crippen molar-refractivity contribution in [1.82, 2.24) is 4.90 Å². The summed E-state index contributed by atoms with van der Waals surface area (Å²) in [6.07, 6.45) is -0.881. The number of hydrogen-bond donors (Lipinski definition) is 1. The van der Waals surface area contributed by atoms with Crippen LogP contribution in [0.1, 0.15) is 0 Å². The third-order valence-corrected chi connectivity index (χ3v) is 1.61. The molecule has 4 nitrogen and oxygen atoms in total. The van der Waals surface area contributed by atoms with Crippen LogP contribution in [-0.2, 0) is 4.74 Å². The highest BCUT2D eigenvalue weighted by Gasteiger charge is 2.28. The van der Waals surface area contributed by atoms with E-state index in [1.165, 1.54) is 0 Å². The number of halogens is 1. The Morgan fingerprint density at radius 3 is 2.82 bits per heavy atom. The molecule has 0 saturated carbocycles. The molecule has 0 spiro atoms. The molecule has 5 heteroatoms. The maximum absolute atomic E-state index is 11.7. The summed E-state index contributed by atoms with van der Waals surface area (Å²) in [6, 6.07) is 0. The largest absolute Gasteiger partial charge is 0.444 e. The summed E-state index contributed by atoms with van der Waals surface area (Å²) in [6.45, 7) is 1.27. The first-order valence-electron chi connectivity index (χ1n) is 3.47. The lowest BCUT2D eigenvalue weighted by atomic mass is 10.2. The molecule has 0 aliphatic carbocycles. The van der Waals surface area contributed by atoms with E-state index in [1.807, 2.05) is 4.90 Å². The van der Waals surface area contributed by atoms with E-state index in [-0.39, 0.29) is 12.8 Å². The first-order valence-corrected chi connectivity index (χ1v) is 3.47. The van der Waals surface area contributed by atoms with Gasteiger partial charge in [0, 0.05) is 19.6 Å². The zero-order valence-electron chi connectivity index (χ0n) is 6.12. The Labute approximate surface area is 64.1 Å². The molecule has 11 heavy (non-hydrogen) atoms. The molecule has 1 heterocycles. The fourth-order valence-corrected chi connectivity index (χ4v) is 1.06. The molecule has 0 bridgehead atoms. The van der Waals surface area contributed by atoms with E-state index in [0.29, 0.717) is 19.6 Å². The summed E-state index contributed by atoms with van der Waals surface area (Å²) in [4.78, 5) is 12.0. The van der Waals surface area contributed by atoms with Crippen LogP contribution < -0.4 is 5.73 Å². The number of nitrogens with zero attached hydrogens (tertiary/aromatic N) is 1. The van der Waals surface area contributed by atoms with Crippen molar-refractivity contribution in [3.05, 3.63) is 0 Å². The molecular weight excluding hydrogens is 151 g/mol. The van der Waals surface area contributed by atoms with Crippen molar-refractivity contribution < 1.29 is 13.9 Å². The SMILES string of the molecule is NC(=O)OC1CN(CCF)C1. The van der Waals surface area contributed by atoms with Gasteiger partial charge in [-0.15, -0.1) is 0 Å². The average molecular weight is 162 g/mol. The highest BCUT2D eigenvalue weighted by atomic mass is 19.1. The molecule has 1 amide bonds. The minimum Gasteiger partial charge on any atom is -0.444 e. The summed E-state index contributed by atoms with van der Waals surface area (Å²) >= 11 is 0. The van der Waals surface area contributed by atoms with Crippen LogP contribution in [0.4, 0.5) is 9.18 Å². The topological polar surface area (TPSA) is 55.6 Å². The monoisotopic (exact) mass is 162 g/mol. The van der Waals surface area contributed by atoms with Gasteiger partial charge in [0.15, 0.2) is 0 Å². The number of alkyl halides is 1. The number of rotatable bonds is 3. The lowest BCUT2D eigenvalue weighted by molar-refractivity contribution is -0.0115. The van der Waals surface area contributed by atoms with E-state index in [0.717, 1.165) is 0 Å². The van der Waals surface area contributed by atoms with Gasteiger partial charge in [0.25, 0.3) is 0 Å². The Hall–Kier alpha value is -0.840. The fourth-order valence-electron chi connectivity index (χ4n) is 1.06. The molecule has 0 unspecified atom stereocenters. The van der Waals surface area contributed by atoms with Crippen molar-refractivity contribution >= 4 is 6.09 Å². The normalized spacial score (nSPS) is 19.4. The Kier molecular flexibility index (Phi) is 2.64. The molecule has 1 rings (SSSR count). The van der Waals surface area contributed by atoms with Crippen LogP contribution in [0, 0.1) is 0 Å². The highest BCUT2D eigenvalue weighted by Crippen LogP contribution is 2.10. The van der Waals surface area contributed by atoms with Gasteiger partial charge < -0.3 is 10.5 Å². The van der Waals surface area contributed by atoms with Gasteiger partial charge in [-0.2, -0.15) is 0 Å². The van der Waals surface area contributed by atoms with Crippen LogP contribution in [-0.4, -0.2) is 43.4 Å². The third kappa shape index (κ3) is 2.34. The molecule has 0 radical (unpaired) electrons. The first kappa shape index (κ1) is 8.26. The summed E-state index contributed by atoms with van der Waals surface area (Å²) < 4.78 is 16.3. The summed E-state index contributed by atoms with van der Waals surface area (Å²) in [5.41, 5.74) is 4.77. The second-order valence-electron chi connectivity index (χ2n) is 2.51. The molecule has 0 atom stereocenters. The third-order valence-electron chi connectivity index (χ3n) is 1.61. The van der Waals surface area contributed by atoms with Gasteiger partial charge in [-0.25, -0.2) is 9.18 Å². The predicted molar refractivity (Wildman–Crippen MR) is 36.9 cm³/mol. The number of carbonyl (C=O) groups is 1. The van der Waals surface area contributed by atoms with Crippen molar-refractivity contribution in [2.24, 2.45) is 5.73 Å². The van der Waals surface area contributed by atoms with E-state index in [2.05, 4.69) is 4.74 Å². The Morgan fingerprint density at radius 2 is 2.36 bits per heavy atom. The number of nitrogens with two attached hydrogens (primary N) is 1. The fraction of sp³-hybridized carbons (Fsp3) is 0.833. The summed E-state index contributed by atoms with van der Waals surface area (Å²) in [5.74, 6) is 0. The predicted octanol–water partition coefficient (Wildman–Crippen LogP) is -0.265. The minimum atomic E-state index is -0.755. The van der Waals surface area contributed by atoms with Gasteiger partial charge in [-0.05, 0) is 0 Å². The molecule has 0 aromatic heterocycles. The smallest absolute Gasteiger partial charge is 0.404 e. The van der Waals surface area contributed by atoms with Crippen molar-refractivity contribution in [2.75, 3.05) is 26.3 Å². The molecule has 64 valence electrons. The van der Waals surface area contributed by atoms with Gasteiger partial charge in [-0.3, -0.25) is 4.90 Å². The van der Waals surface area contributed by atoms with Crippen LogP contribution >= 0.6 is 0 Å². The van der Waals surface area contributed by atoms with E-state index in [4.69, 9.17) is 5.73 Å². The van der Waals surface area contributed by atoms with Crippen LogP contribution in [0.15, 0.2) is 0 Å². The minimum absolute atomic E-state index is 0.126. The van der Waals surface area contributed by atoms with Crippen molar-refractivity contribution in [2.45, 2.75) is 6.10 Å². The molecule has 2 N–H and O–H groups in total. The lowest BCUT2D eigenvalue weighted by Gasteiger charge is -2.37. The zero-order chi connectivity index (χ0) is 8.27. The zero-order valence-corrected chi connectivity index (χ0v) is 6.12. The number of primary amides is 1. The summed E-state index contributed by atoms with van der Waals surface area (Å²) in [7, 11) is 0. The maximum atomic E-state index is 11.7. The number of ether oxygens (including phenoxy) is 1. The molecule has 1 aliphatic rings. The van der Waals surface area contributed by atoms with Crippen LogP contribution in [0.5, 0.6) is 0 Å². The van der Waals surface area contributed by atoms with Crippen molar-refractivity contribution in [3.8, 4) is 0 Å². The molecule has 1 saturated heterocycles. The van der Waals surface area contributed by atoms with Crippen LogP contribution in [0.25, 0.3) is 0 Å². The van der Waals surface area contributed by atoms with Gasteiger partial charge in [0.1, 0.15) is 12.8 Å². The van der Waals surface area contributed by atoms with E-state index < -0.39 is 6.09 Å². The first-order chi connectivity index (χ1) is 5.22. The quantitative estimate of drug-likeness (QED) is 0.621. The maximum Gasteiger partial charge on any atom is 0.404 e. The Balaban J connectivity index is 2.04. The van der Waals surface area contributed by atoms with E-state index >= 15 is 0 Å². The van der Waals surface area contributed by atoms with E-state index in [9.17, 15) is 9.18 Å². The van der Waals surface area contributed by atoms with Crippen molar-refractivity contribution in [1.29, 1.82) is 0 Å². The molecule has 0 aromatic carbocycles. The van der Waals surface area contributed by atoms with Crippen LogP contribution in [0.3, 0.4) is 0 Å². The van der Waals surface area contributed by atoms with Gasteiger partial charge in [0.05, 0.1) is 0 Å². The highest BCUT2D eigenvalue weighted by molar-refractivity contribution is 5.64. The standard InChI is InChI=1S/C6H11FN2O2/c7-1-2-9-3-5(4-9)11-6(8)10/h5H,1-4H2,(H2,8,10). The number of carbonyl (C=O) groups excluding carboxylic acids is 1. The second kappa shape index (κ2) is 3.52. The lowest BCUT2D eigenvalue weighted by Crippen LogP contribution is -2.53. The van der Waals surface area contributed by atoms with Gasteiger partial charge >= 0.3 is 6.09 Å². The molecule has 1 fully saturated rings. The summed E-state index contributed by atoms with van der Waals surface area (Å²) in [5, 5.41) is 0. The molecular formula is C6H11FN2O2. The number of amides is 1. The van der Waals surface area contributed by atoms with Gasteiger partial charge in [0.2, 0.25) is 0 Å².